The quantitative estimate of drug-likeness (QED) is 0.613. The van der Waals surface area contributed by atoms with Crippen LogP contribution in [0.25, 0.3) is 11.3 Å². The number of nitrogens with zero attached hydrogens (tertiary/aromatic N) is 1. The Hall–Kier alpha value is -2.01. The summed E-state index contributed by atoms with van der Waals surface area (Å²) in [5, 5.41) is 5.98. The molecule has 5 heteroatoms. The number of hydrogen-bond acceptors (Lipinski definition) is 4. The molecule has 0 aliphatic rings. The number of Topliss-reactive ketones (excluding diaryl/α,β-unsaturated/α-hetero) is 1. The summed E-state index contributed by atoms with van der Waals surface area (Å²) in [6.07, 6.45) is 4.97. The van der Waals surface area contributed by atoms with E-state index in [0.717, 1.165) is 41.9 Å². The SMILES string of the molecule is CC(=O)CCCCCCC(=O)N[C@H](C)c1nc(-c2ccccc2)cs1. The van der Waals surface area contributed by atoms with Crippen molar-refractivity contribution in [1.82, 2.24) is 10.3 Å². The van der Waals surface area contributed by atoms with E-state index < -0.39 is 0 Å². The summed E-state index contributed by atoms with van der Waals surface area (Å²) in [5.41, 5.74) is 2.04. The molecule has 1 atom stereocenters. The van der Waals surface area contributed by atoms with Crippen LogP contribution < -0.4 is 5.32 Å². The molecule has 0 spiro atoms. The minimum Gasteiger partial charge on any atom is -0.347 e. The molecule has 1 amide bonds. The number of nitrogens with one attached hydrogen (secondary N) is 1. The summed E-state index contributed by atoms with van der Waals surface area (Å²) >= 11 is 1.57. The average Bonchev–Trinajstić information content (AvgIpc) is 3.09. The predicted octanol–water partition coefficient (Wildman–Crippen LogP) is 4.92. The number of ketones is 1. The van der Waals surface area contributed by atoms with Gasteiger partial charge in [-0.2, -0.15) is 0 Å². The van der Waals surface area contributed by atoms with Crippen LogP contribution in [0.5, 0.6) is 0 Å². The lowest BCUT2D eigenvalue weighted by atomic mass is 10.1. The maximum Gasteiger partial charge on any atom is 0.220 e. The molecule has 0 saturated heterocycles. The minimum atomic E-state index is -0.0762. The highest BCUT2D eigenvalue weighted by atomic mass is 32.1. The highest BCUT2D eigenvalue weighted by Crippen LogP contribution is 2.25. The molecule has 1 heterocycles. The summed E-state index contributed by atoms with van der Waals surface area (Å²) < 4.78 is 0. The molecular weight excluding hydrogens is 332 g/mol. The summed E-state index contributed by atoms with van der Waals surface area (Å²) in [6.45, 7) is 3.59. The van der Waals surface area contributed by atoms with Gasteiger partial charge in [0.25, 0.3) is 0 Å². The first-order valence-corrected chi connectivity index (χ1v) is 9.74. The Labute approximate surface area is 153 Å². The van der Waals surface area contributed by atoms with Crippen LogP contribution in [0.1, 0.15) is 63.4 Å². The molecule has 0 fully saturated rings. The molecule has 1 aromatic heterocycles. The fourth-order valence-electron chi connectivity index (χ4n) is 2.62. The van der Waals surface area contributed by atoms with Gasteiger partial charge in [0.1, 0.15) is 10.8 Å². The maximum atomic E-state index is 12.1. The van der Waals surface area contributed by atoms with E-state index in [1.807, 2.05) is 42.6 Å². The second kappa shape index (κ2) is 10.1. The van der Waals surface area contributed by atoms with Gasteiger partial charge in [-0.05, 0) is 26.7 Å². The average molecular weight is 359 g/mol. The number of unbranched alkanes of at least 4 members (excludes halogenated alkanes) is 3. The zero-order valence-corrected chi connectivity index (χ0v) is 15.8. The topological polar surface area (TPSA) is 59.1 Å². The predicted molar refractivity (Wildman–Crippen MR) is 102 cm³/mol. The number of aromatic nitrogens is 1. The van der Waals surface area contributed by atoms with Crippen molar-refractivity contribution in [2.24, 2.45) is 0 Å². The highest BCUT2D eigenvalue weighted by molar-refractivity contribution is 7.10. The lowest BCUT2D eigenvalue weighted by Crippen LogP contribution is -2.26. The van der Waals surface area contributed by atoms with Gasteiger partial charge in [-0.3, -0.25) is 4.79 Å². The molecule has 1 aromatic carbocycles. The molecule has 25 heavy (non-hydrogen) atoms. The van der Waals surface area contributed by atoms with E-state index in [4.69, 9.17) is 0 Å². The third-order valence-electron chi connectivity index (χ3n) is 4.02. The Balaban J connectivity index is 1.72. The number of carbonyl (C=O) groups is 2. The molecule has 2 aromatic rings. The van der Waals surface area contributed by atoms with Gasteiger partial charge in [0.05, 0.1) is 11.7 Å². The summed E-state index contributed by atoms with van der Waals surface area (Å²) in [6, 6.07) is 9.97. The second-order valence-corrected chi connectivity index (χ2v) is 7.23. The van der Waals surface area contributed by atoms with E-state index in [2.05, 4.69) is 10.3 Å². The lowest BCUT2D eigenvalue weighted by molar-refractivity contribution is -0.122. The van der Waals surface area contributed by atoms with Gasteiger partial charge in [-0.15, -0.1) is 11.3 Å². The molecule has 4 nitrogen and oxygen atoms in total. The van der Waals surface area contributed by atoms with Gasteiger partial charge >= 0.3 is 0 Å². The first kappa shape index (κ1) is 19.3. The zero-order chi connectivity index (χ0) is 18.1. The zero-order valence-electron chi connectivity index (χ0n) is 15.0. The van der Waals surface area contributed by atoms with Crippen LogP contribution in [0.2, 0.25) is 0 Å². The van der Waals surface area contributed by atoms with Crippen LogP contribution in [-0.2, 0) is 9.59 Å². The van der Waals surface area contributed by atoms with Gasteiger partial charge in [0.15, 0.2) is 0 Å². The summed E-state index contributed by atoms with van der Waals surface area (Å²) in [4.78, 5) is 27.6. The van der Waals surface area contributed by atoms with Gasteiger partial charge < -0.3 is 10.1 Å². The largest absolute Gasteiger partial charge is 0.347 e. The molecule has 1 N–H and O–H groups in total. The number of hydrogen-bond donors (Lipinski definition) is 1. The molecule has 0 aliphatic heterocycles. The van der Waals surface area contributed by atoms with Gasteiger partial charge in [0.2, 0.25) is 5.91 Å². The van der Waals surface area contributed by atoms with Gasteiger partial charge in [0, 0.05) is 23.8 Å². The highest BCUT2D eigenvalue weighted by Gasteiger charge is 2.13. The summed E-state index contributed by atoms with van der Waals surface area (Å²) in [7, 11) is 0. The van der Waals surface area contributed by atoms with Gasteiger partial charge in [-0.1, -0.05) is 43.2 Å². The Morgan fingerprint density at radius 3 is 2.44 bits per heavy atom. The fourth-order valence-corrected chi connectivity index (χ4v) is 3.45. The van der Waals surface area contributed by atoms with Crippen molar-refractivity contribution < 1.29 is 9.59 Å². The maximum absolute atomic E-state index is 12.1. The van der Waals surface area contributed by atoms with E-state index in [1.54, 1.807) is 18.3 Å². The number of thiazole rings is 1. The first-order chi connectivity index (χ1) is 12.1. The third kappa shape index (κ3) is 6.78. The summed E-state index contributed by atoms with van der Waals surface area (Å²) in [5.74, 6) is 0.306. The van der Waals surface area contributed by atoms with E-state index >= 15 is 0 Å². The van der Waals surface area contributed by atoms with Crippen molar-refractivity contribution in [3.63, 3.8) is 0 Å². The minimum absolute atomic E-state index is 0.0653. The molecule has 2 rings (SSSR count). The molecular formula is C20H26N2O2S. The van der Waals surface area contributed by atoms with E-state index in [9.17, 15) is 9.59 Å². The van der Waals surface area contributed by atoms with E-state index in [-0.39, 0.29) is 17.7 Å². The molecule has 0 radical (unpaired) electrons. The van der Waals surface area contributed by atoms with E-state index in [0.29, 0.717) is 12.8 Å². The van der Waals surface area contributed by atoms with Crippen LogP contribution in [0.4, 0.5) is 0 Å². The Morgan fingerprint density at radius 2 is 1.76 bits per heavy atom. The third-order valence-corrected chi connectivity index (χ3v) is 5.05. The monoisotopic (exact) mass is 358 g/mol. The van der Waals surface area contributed by atoms with Crippen LogP contribution in [0, 0.1) is 0 Å². The van der Waals surface area contributed by atoms with E-state index in [1.165, 1.54) is 0 Å². The molecule has 0 aliphatic carbocycles. The Bertz CT molecular complexity index is 682. The standard InChI is InChI=1S/C20H26N2O2S/c1-15(23)10-6-3-4-9-13-19(24)21-16(2)20-22-18(14-25-20)17-11-7-5-8-12-17/h5,7-8,11-12,14,16H,3-4,6,9-10,13H2,1-2H3,(H,21,24)/t16-/m1/s1. The fraction of sp³-hybridized carbons (Fsp3) is 0.450. The molecule has 0 saturated carbocycles. The van der Waals surface area contributed by atoms with Crippen LogP contribution in [-0.4, -0.2) is 16.7 Å². The lowest BCUT2D eigenvalue weighted by Gasteiger charge is -2.11. The van der Waals surface area contributed by atoms with Crippen LogP contribution >= 0.6 is 11.3 Å². The van der Waals surface area contributed by atoms with Crippen molar-refractivity contribution in [3.05, 3.63) is 40.7 Å². The molecule has 0 bridgehead atoms. The smallest absolute Gasteiger partial charge is 0.220 e. The second-order valence-electron chi connectivity index (χ2n) is 6.34. The van der Waals surface area contributed by atoms with Gasteiger partial charge in [-0.25, -0.2) is 4.98 Å². The van der Waals surface area contributed by atoms with Crippen molar-refractivity contribution in [1.29, 1.82) is 0 Å². The normalized spacial score (nSPS) is 11.9. The van der Waals surface area contributed by atoms with Crippen molar-refractivity contribution >= 4 is 23.0 Å². The Morgan fingerprint density at radius 1 is 1.08 bits per heavy atom. The molecule has 134 valence electrons. The number of rotatable bonds is 10. The van der Waals surface area contributed by atoms with Crippen LogP contribution in [0.3, 0.4) is 0 Å². The number of benzene rings is 1. The molecule has 0 unspecified atom stereocenters. The number of carbonyl (C=O) groups excluding carboxylic acids is 2. The Kier molecular flexibility index (Phi) is 7.79. The van der Waals surface area contributed by atoms with Crippen LogP contribution in [0.15, 0.2) is 35.7 Å². The van der Waals surface area contributed by atoms with Crippen molar-refractivity contribution in [2.45, 2.75) is 58.4 Å². The van der Waals surface area contributed by atoms with Crippen molar-refractivity contribution in [3.8, 4) is 11.3 Å². The van der Waals surface area contributed by atoms with Crippen molar-refractivity contribution in [2.75, 3.05) is 0 Å². The number of amides is 1. The first-order valence-electron chi connectivity index (χ1n) is 8.86.